The predicted octanol–water partition coefficient (Wildman–Crippen LogP) is -6.55. The summed E-state index contributed by atoms with van der Waals surface area (Å²) in [5, 5.41) is 99.5. The van der Waals surface area contributed by atoms with Gasteiger partial charge in [0.25, 0.3) is 0 Å². The molecule has 15 nitrogen and oxygen atoms in total. The maximum Gasteiger partial charge on any atom is 0.187 e. The average molecular weight is 488 g/mol. The molecule has 0 radical (unpaired) electrons. The van der Waals surface area contributed by atoms with Crippen molar-refractivity contribution in [3.63, 3.8) is 0 Å². The molecule has 0 spiro atoms. The van der Waals surface area contributed by atoms with E-state index in [0.29, 0.717) is 0 Å². The van der Waals surface area contributed by atoms with Gasteiger partial charge in [0.1, 0.15) is 67.1 Å². The molecular weight excluding hydrogens is 456 g/mol. The maximum atomic E-state index is 10.8. The van der Waals surface area contributed by atoms with Gasteiger partial charge in [-0.2, -0.15) is 0 Å². The van der Waals surface area contributed by atoms with Crippen LogP contribution in [0.2, 0.25) is 0 Å². The third-order valence-electron chi connectivity index (χ3n) is 6.05. The topological polar surface area (TPSA) is 248 Å². The molecule has 3 fully saturated rings. The molecule has 0 aliphatic carbocycles. The summed E-state index contributed by atoms with van der Waals surface area (Å²) in [6, 6.07) is 0. The molecule has 15 atom stereocenters. The van der Waals surface area contributed by atoms with Crippen molar-refractivity contribution in [2.24, 2.45) is 0 Å². The summed E-state index contributed by atoms with van der Waals surface area (Å²) in [5.74, 6) is 0. The third-order valence-corrected chi connectivity index (χ3v) is 6.05. The van der Waals surface area contributed by atoms with Crippen molar-refractivity contribution >= 4 is 0 Å². The van der Waals surface area contributed by atoms with E-state index >= 15 is 0 Å². The molecule has 15 heteroatoms. The summed E-state index contributed by atoms with van der Waals surface area (Å²) in [6.07, 6.45) is -23.7. The summed E-state index contributed by atoms with van der Waals surface area (Å²) >= 11 is 0. The molecule has 0 amide bonds. The molecule has 0 aromatic rings. The molecule has 3 heterocycles. The summed E-state index contributed by atoms with van der Waals surface area (Å²) in [5.41, 5.74) is 0. The van der Waals surface area contributed by atoms with Crippen LogP contribution in [-0.4, -0.2) is 156 Å². The first-order valence-electron chi connectivity index (χ1n) is 10.4. The first-order chi connectivity index (χ1) is 15.5. The molecule has 3 aliphatic heterocycles. The monoisotopic (exact) mass is 488 g/mol. The van der Waals surface area contributed by atoms with Crippen molar-refractivity contribution < 1.29 is 74.7 Å². The van der Waals surface area contributed by atoms with E-state index in [0.717, 1.165) is 0 Å². The van der Waals surface area contributed by atoms with Gasteiger partial charge in [-0.1, -0.05) is 0 Å². The number of rotatable bonds is 6. The fourth-order valence-corrected chi connectivity index (χ4v) is 4.02. The number of hydrogen-bond acceptors (Lipinski definition) is 15. The van der Waals surface area contributed by atoms with E-state index in [-0.39, 0.29) is 0 Å². The van der Waals surface area contributed by atoms with E-state index in [1.165, 1.54) is 6.92 Å². The standard InChI is InChI=1S/C18H32O15/c1-4-14(32-17-11(25)9(23)7(21)5(2-19)30-17)13(27)15(16(28)29-4)33-18-12(26)10(24)8(22)6(3-20)31-18/h4-28H,2-3H2,1H3/t4-,5+,6+,7-,8+,9-,10-,11+,12+,13+,14-,15+,16-,17+,18-/m0/s1. The van der Waals surface area contributed by atoms with Crippen LogP contribution >= 0.6 is 0 Å². The van der Waals surface area contributed by atoms with Gasteiger partial charge < -0.3 is 74.7 Å². The van der Waals surface area contributed by atoms with Crippen molar-refractivity contribution in [2.75, 3.05) is 13.2 Å². The Kier molecular flexibility index (Phi) is 8.99. The first kappa shape index (κ1) is 27.0. The third kappa shape index (κ3) is 5.32. The number of ether oxygens (including phenoxy) is 5. The molecule has 0 bridgehead atoms. The largest absolute Gasteiger partial charge is 0.394 e. The van der Waals surface area contributed by atoms with Crippen molar-refractivity contribution in [3.8, 4) is 0 Å². The molecule has 0 unspecified atom stereocenters. The second kappa shape index (κ2) is 11.0. The zero-order chi connectivity index (χ0) is 24.6. The molecule has 0 saturated carbocycles. The van der Waals surface area contributed by atoms with Crippen molar-refractivity contribution in [1.29, 1.82) is 0 Å². The van der Waals surface area contributed by atoms with E-state index in [1.807, 2.05) is 0 Å². The van der Waals surface area contributed by atoms with Crippen LogP contribution in [0.3, 0.4) is 0 Å². The highest BCUT2D eigenvalue weighted by atomic mass is 16.8. The fraction of sp³-hybridized carbons (Fsp3) is 1.00. The van der Waals surface area contributed by atoms with E-state index in [9.17, 15) is 51.1 Å². The van der Waals surface area contributed by atoms with E-state index in [4.69, 9.17) is 23.7 Å². The minimum absolute atomic E-state index is 0.703. The molecule has 0 aromatic heterocycles. The summed E-state index contributed by atoms with van der Waals surface area (Å²) < 4.78 is 26.7. The SMILES string of the molecule is C[C@@H]1O[C@H](O)[C@H](O[C@@H]2O[C@H](CO)[C@@H](O)[C@H](O)[C@H]2O)[C@H](O)[C@H]1O[C@H]1O[C@H](CO)[C@H](O)[C@H](O)[C@H]1O. The van der Waals surface area contributed by atoms with Crippen LogP contribution in [0, 0.1) is 0 Å². The first-order valence-corrected chi connectivity index (χ1v) is 10.4. The van der Waals surface area contributed by atoms with Crippen molar-refractivity contribution in [2.45, 2.75) is 99.0 Å². The second-order valence-corrected chi connectivity index (χ2v) is 8.32. The van der Waals surface area contributed by atoms with Gasteiger partial charge in [-0.05, 0) is 6.92 Å². The lowest BCUT2D eigenvalue weighted by atomic mass is 9.96. The van der Waals surface area contributed by atoms with Crippen LogP contribution in [0.25, 0.3) is 0 Å². The van der Waals surface area contributed by atoms with Crippen LogP contribution in [0.4, 0.5) is 0 Å². The lowest BCUT2D eigenvalue weighted by Gasteiger charge is -2.47. The Hall–Kier alpha value is -0.600. The maximum absolute atomic E-state index is 10.8. The molecule has 33 heavy (non-hydrogen) atoms. The van der Waals surface area contributed by atoms with Crippen LogP contribution in [0.15, 0.2) is 0 Å². The molecule has 0 aromatic carbocycles. The van der Waals surface area contributed by atoms with Gasteiger partial charge in [-0.15, -0.1) is 0 Å². The highest BCUT2D eigenvalue weighted by Crippen LogP contribution is 2.32. The minimum atomic E-state index is -1.81. The molecule has 194 valence electrons. The minimum Gasteiger partial charge on any atom is -0.394 e. The molecule has 3 saturated heterocycles. The zero-order valence-electron chi connectivity index (χ0n) is 17.6. The normalized spacial score (nSPS) is 53.7. The van der Waals surface area contributed by atoms with Gasteiger partial charge in [0.05, 0.1) is 19.3 Å². The Balaban J connectivity index is 1.72. The Bertz CT molecular complexity index is 572. The summed E-state index contributed by atoms with van der Waals surface area (Å²) in [6.45, 7) is -0.0200. The van der Waals surface area contributed by atoms with Crippen LogP contribution in [0.1, 0.15) is 6.92 Å². The molecule has 10 N–H and O–H groups in total. The van der Waals surface area contributed by atoms with E-state index < -0.39 is 105 Å². The lowest BCUT2D eigenvalue weighted by Crippen LogP contribution is -2.65. The number of hydrogen-bond donors (Lipinski definition) is 10. The Morgan fingerprint density at radius 1 is 0.545 bits per heavy atom. The van der Waals surface area contributed by atoms with E-state index in [1.54, 1.807) is 0 Å². The number of aliphatic hydroxyl groups is 10. The predicted molar refractivity (Wildman–Crippen MR) is 99.8 cm³/mol. The molecule has 3 rings (SSSR count). The van der Waals surface area contributed by atoms with E-state index in [2.05, 4.69) is 0 Å². The van der Waals surface area contributed by atoms with Crippen LogP contribution in [0.5, 0.6) is 0 Å². The van der Waals surface area contributed by atoms with Gasteiger partial charge in [0, 0.05) is 0 Å². The van der Waals surface area contributed by atoms with Crippen molar-refractivity contribution in [1.82, 2.24) is 0 Å². The quantitative estimate of drug-likeness (QED) is 0.167. The molecule has 3 aliphatic rings. The van der Waals surface area contributed by atoms with Gasteiger partial charge in [-0.3, -0.25) is 0 Å². The fourth-order valence-electron chi connectivity index (χ4n) is 4.02. The second-order valence-electron chi connectivity index (χ2n) is 8.32. The zero-order valence-corrected chi connectivity index (χ0v) is 17.6. The molecular formula is C18H32O15. The van der Waals surface area contributed by atoms with Gasteiger partial charge in [-0.25, -0.2) is 0 Å². The Morgan fingerprint density at radius 3 is 1.39 bits per heavy atom. The van der Waals surface area contributed by atoms with Gasteiger partial charge >= 0.3 is 0 Å². The average Bonchev–Trinajstić information content (AvgIpc) is 2.79. The highest BCUT2D eigenvalue weighted by molar-refractivity contribution is 4.95. The van der Waals surface area contributed by atoms with Crippen LogP contribution in [-0.2, 0) is 23.7 Å². The van der Waals surface area contributed by atoms with Gasteiger partial charge in [0.2, 0.25) is 0 Å². The Morgan fingerprint density at radius 2 is 0.970 bits per heavy atom. The smallest absolute Gasteiger partial charge is 0.187 e. The lowest BCUT2D eigenvalue weighted by molar-refractivity contribution is -0.379. The summed E-state index contributed by atoms with van der Waals surface area (Å²) in [4.78, 5) is 0. The van der Waals surface area contributed by atoms with Gasteiger partial charge in [0.15, 0.2) is 18.9 Å². The van der Waals surface area contributed by atoms with Crippen molar-refractivity contribution in [3.05, 3.63) is 0 Å². The summed E-state index contributed by atoms with van der Waals surface area (Å²) in [7, 11) is 0. The highest BCUT2D eigenvalue weighted by Gasteiger charge is 2.52. The van der Waals surface area contributed by atoms with Crippen LogP contribution < -0.4 is 0 Å². The number of aliphatic hydroxyl groups excluding tert-OH is 10. The Labute approximate surface area is 187 Å².